The Hall–Kier alpha value is -1.95. The van der Waals surface area contributed by atoms with Crippen molar-refractivity contribution in [3.63, 3.8) is 0 Å². The van der Waals surface area contributed by atoms with Crippen LogP contribution in [0.25, 0.3) is 0 Å². The monoisotopic (exact) mass is 293 g/mol. The van der Waals surface area contributed by atoms with Gasteiger partial charge in [0, 0.05) is 12.0 Å². The van der Waals surface area contributed by atoms with Crippen molar-refractivity contribution >= 4 is 17.5 Å². The maximum atomic E-state index is 13.4. The number of carbonyl (C=O) groups is 2. The van der Waals surface area contributed by atoms with Crippen molar-refractivity contribution in [2.75, 3.05) is 11.9 Å². The van der Waals surface area contributed by atoms with Crippen LogP contribution in [0.15, 0.2) is 24.3 Å². The van der Waals surface area contributed by atoms with E-state index in [1.165, 1.54) is 12.1 Å². The standard InChI is InChI=1S/C15H20FN3O2/c16-12-3-1-2-4-13(12)19-14(20)9-18-11-7-5-10(6-8-11)15(17)21/h1-4,10-11,18H,5-9H2,(H2,17,21)(H,19,20). The van der Waals surface area contributed by atoms with Crippen LogP contribution in [0.1, 0.15) is 25.7 Å². The lowest BCUT2D eigenvalue weighted by Crippen LogP contribution is -2.40. The molecule has 0 heterocycles. The molecule has 1 aliphatic rings. The summed E-state index contributed by atoms with van der Waals surface area (Å²) in [7, 11) is 0. The second-order valence-corrected chi connectivity index (χ2v) is 5.36. The predicted octanol–water partition coefficient (Wildman–Crippen LogP) is 1.40. The number of primary amides is 1. The third-order valence-corrected chi connectivity index (χ3v) is 3.83. The van der Waals surface area contributed by atoms with E-state index < -0.39 is 5.82 Å². The second-order valence-electron chi connectivity index (χ2n) is 5.36. The van der Waals surface area contributed by atoms with Crippen LogP contribution in [0.3, 0.4) is 0 Å². The number of nitrogens with one attached hydrogen (secondary N) is 2. The van der Waals surface area contributed by atoms with Gasteiger partial charge in [-0.2, -0.15) is 0 Å². The van der Waals surface area contributed by atoms with Crippen molar-refractivity contribution in [1.29, 1.82) is 0 Å². The Morgan fingerprint density at radius 2 is 1.86 bits per heavy atom. The van der Waals surface area contributed by atoms with Crippen molar-refractivity contribution in [1.82, 2.24) is 5.32 Å². The zero-order valence-electron chi connectivity index (χ0n) is 11.8. The third-order valence-electron chi connectivity index (χ3n) is 3.83. The van der Waals surface area contributed by atoms with Gasteiger partial charge in [0.05, 0.1) is 12.2 Å². The molecule has 0 saturated heterocycles. The molecule has 0 spiro atoms. The molecule has 2 amide bonds. The van der Waals surface area contributed by atoms with Crippen molar-refractivity contribution < 1.29 is 14.0 Å². The van der Waals surface area contributed by atoms with E-state index in [0.29, 0.717) is 0 Å². The molecule has 4 N–H and O–H groups in total. The maximum absolute atomic E-state index is 13.4. The average molecular weight is 293 g/mol. The van der Waals surface area contributed by atoms with Gasteiger partial charge >= 0.3 is 0 Å². The van der Waals surface area contributed by atoms with Crippen LogP contribution >= 0.6 is 0 Å². The lowest BCUT2D eigenvalue weighted by molar-refractivity contribution is -0.123. The molecule has 1 fully saturated rings. The minimum Gasteiger partial charge on any atom is -0.369 e. The van der Waals surface area contributed by atoms with Gasteiger partial charge in [0.2, 0.25) is 11.8 Å². The molecule has 0 aromatic heterocycles. The summed E-state index contributed by atoms with van der Waals surface area (Å²) in [6.07, 6.45) is 3.14. The lowest BCUT2D eigenvalue weighted by atomic mass is 9.85. The Morgan fingerprint density at radius 3 is 2.48 bits per heavy atom. The van der Waals surface area contributed by atoms with Gasteiger partial charge in [-0.15, -0.1) is 0 Å². The van der Waals surface area contributed by atoms with Crippen molar-refractivity contribution in [3.05, 3.63) is 30.1 Å². The highest BCUT2D eigenvalue weighted by Crippen LogP contribution is 2.23. The minimum atomic E-state index is -0.451. The molecule has 0 atom stereocenters. The van der Waals surface area contributed by atoms with Gasteiger partial charge in [-0.3, -0.25) is 9.59 Å². The SMILES string of the molecule is NC(=O)C1CCC(NCC(=O)Nc2ccccc2F)CC1. The molecular weight excluding hydrogens is 273 g/mol. The van der Waals surface area contributed by atoms with Crippen LogP contribution in [-0.4, -0.2) is 24.4 Å². The van der Waals surface area contributed by atoms with E-state index >= 15 is 0 Å². The summed E-state index contributed by atoms with van der Waals surface area (Å²) in [5.74, 6) is -1.02. The third kappa shape index (κ3) is 4.53. The number of halogens is 1. The molecule has 0 unspecified atom stereocenters. The fourth-order valence-corrected chi connectivity index (χ4v) is 2.58. The Morgan fingerprint density at radius 1 is 1.19 bits per heavy atom. The van der Waals surface area contributed by atoms with Crippen LogP contribution in [-0.2, 0) is 9.59 Å². The molecule has 1 saturated carbocycles. The van der Waals surface area contributed by atoms with E-state index in [2.05, 4.69) is 10.6 Å². The highest BCUT2D eigenvalue weighted by atomic mass is 19.1. The summed E-state index contributed by atoms with van der Waals surface area (Å²) in [5.41, 5.74) is 5.46. The Kier molecular flexibility index (Phi) is 5.27. The largest absolute Gasteiger partial charge is 0.369 e. The molecule has 6 heteroatoms. The minimum absolute atomic E-state index is 0.0460. The van der Waals surface area contributed by atoms with Gasteiger partial charge in [0.15, 0.2) is 0 Å². The van der Waals surface area contributed by atoms with E-state index in [4.69, 9.17) is 5.73 Å². The average Bonchev–Trinajstić information content (AvgIpc) is 2.48. The van der Waals surface area contributed by atoms with Crippen LogP contribution in [0, 0.1) is 11.7 Å². The van der Waals surface area contributed by atoms with Gasteiger partial charge in [-0.25, -0.2) is 4.39 Å². The van der Waals surface area contributed by atoms with E-state index in [1.807, 2.05) is 0 Å². The molecular formula is C15H20FN3O2. The lowest BCUT2D eigenvalue weighted by Gasteiger charge is -2.27. The maximum Gasteiger partial charge on any atom is 0.238 e. The van der Waals surface area contributed by atoms with Crippen LogP contribution < -0.4 is 16.4 Å². The number of rotatable bonds is 5. The molecule has 5 nitrogen and oxygen atoms in total. The number of benzene rings is 1. The summed E-state index contributed by atoms with van der Waals surface area (Å²) < 4.78 is 13.4. The first-order valence-electron chi connectivity index (χ1n) is 7.13. The topological polar surface area (TPSA) is 84.2 Å². The summed E-state index contributed by atoms with van der Waals surface area (Å²) in [4.78, 5) is 22.8. The fourth-order valence-electron chi connectivity index (χ4n) is 2.58. The van der Waals surface area contributed by atoms with E-state index in [1.54, 1.807) is 12.1 Å². The Bertz CT molecular complexity index is 513. The zero-order chi connectivity index (χ0) is 15.2. The smallest absolute Gasteiger partial charge is 0.238 e. The first kappa shape index (κ1) is 15.4. The highest BCUT2D eigenvalue weighted by molar-refractivity contribution is 5.92. The summed E-state index contributed by atoms with van der Waals surface area (Å²) >= 11 is 0. The fraction of sp³-hybridized carbons (Fsp3) is 0.467. The number of hydrogen-bond donors (Lipinski definition) is 3. The molecule has 2 rings (SSSR count). The van der Waals surface area contributed by atoms with E-state index in [9.17, 15) is 14.0 Å². The first-order valence-corrected chi connectivity index (χ1v) is 7.13. The van der Waals surface area contributed by atoms with Crippen molar-refractivity contribution in [3.8, 4) is 0 Å². The van der Waals surface area contributed by atoms with Gasteiger partial charge in [0.25, 0.3) is 0 Å². The van der Waals surface area contributed by atoms with Gasteiger partial charge in [0.1, 0.15) is 5.82 Å². The molecule has 21 heavy (non-hydrogen) atoms. The number of carbonyl (C=O) groups excluding carboxylic acids is 2. The van der Waals surface area contributed by atoms with Gasteiger partial charge < -0.3 is 16.4 Å². The number of nitrogens with two attached hydrogens (primary N) is 1. The molecule has 0 aliphatic heterocycles. The molecule has 0 bridgehead atoms. The molecule has 1 aromatic rings. The summed E-state index contributed by atoms with van der Waals surface area (Å²) in [6.45, 7) is 0.125. The molecule has 1 aliphatic carbocycles. The molecule has 0 radical (unpaired) electrons. The quantitative estimate of drug-likeness (QED) is 0.767. The second kappa shape index (κ2) is 7.17. The Balaban J connectivity index is 1.73. The van der Waals surface area contributed by atoms with Gasteiger partial charge in [-0.05, 0) is 37.8 Å². The zero-order valence-corrected chi connectivity index (χ0v) is 11.8. The highest BCUT2D eigenvalue weighted by Gasteiger charge is 2.24. The number of anilines is 1. The summed E-state index contributed by atoms with van der Waals surface area (Å²) in [6, 6.07) is 6.25. The molecule has 114 valence electrons. The number of hydrogen-bond acceptors (Lipinski definition) is 3. The number of para-hydroxylation sites is 1. The van der Waals surface area contributed by atoms with Crippen molar-refractivity contribution in [2.24, 2.45) is 11.7 Å². The first-order chi connectivity index (χ1) is 10.1. The van der Waals surface area contributed by atoms with Crippen LogP contribution in [0.5, 0.6) is 0 Å². The van der Waals surface area contributed by atoms with Crippen LogP contribution in [0.2, 0.25) is 0 Å². The summed E-state index contributed by atoms with van der Waals surface area (Å²) in [5, 5.41) is 5.66. The molecule has 1 aromatic carbocycles. The van der Waals surface area contributed by atoms with Gasteiger partial charge in [-0.1, -0.05) is 12.1 Å². The number of amides is 2. The van der Waals surface area contributed by atoms with Crippen LogP contribution in [0.4, 0.5) is 10.1 Å². The predicted molar refractivity (Wildman–Crippen MR) is 78.0 cm³/mol. The van der Waals surface area contributed by atoms with E-state index in [0.717, 1.165) is 25.7 Å². The Labute approximate surface area is 123 Å². The normalized spacial score (nSPS) is 21.8. The van der Waals surface area contributed by atoms with Crippen molar-refractivity contribution in [2.45, 2.75) is 31.7 Å². The van der Waals surface area contributed by atoms with E-state index in [-0.39, 0.29) is 36.0 Å².